The smallest absolute Gasteiger partial charge is 0.123 e. The maximum absolute atomic E-state index is 5.91. The second kappa shape index (κ2) is 7.09. The van der Waals surface area contributed by atoms with E-state index in [-0.39, 0.29) is 6.10 Å². The van der Waals surface area contributed by atoms with Crippen LogP contribution in [0.4, 0.5) is 0 Å². The van der Waals surface area contributed by atoms with Crippen molar-refractivity contribution in [3.63, 3.8) is 0 Å². The molecular weight excluding hydrogens is 250 g/mol. The molecule has 1 aromatic rings. The van der Waals surface area contributed by atoms with Gasteiger partial charge in [-0.2, -0.15) is 0 Å². The summed E-state index contributed by atoms with van der Waals surface area (Å²) in [5, 5.41) is 3.45. The Morgan fingerprint density at radius 2 is 2.00 bits per heavy atom. The summed E-state index contributed by atoms with van der Waals surface area (Å²) in [5.41, 5.74) is 1.33. The third-order valence-corrected chi connectivity index (χ3v) is 4.27. The third-order valence-electron chi connectivity index (χ3n) is 4.27. The van der Waals surface area contributed by atoms with Crippen LogP contribution in [-0.2, 0) is 11.2 Å². The van der Waals surface area contributed by atoms with Crippen molar-refractivity contribution in [1.82, 2.24) is 5.32 Å². The maximum Gasteiger partial charge on any atom is 0.123 e. The molecule has 1 atom stereocenters. The molecule has 1 saturated carbocycles. The van der Waals surface area contributed by atoms with Gasteiger partial charge in [-0.3, -0.25) is 0 Å². The second-order valence-electron chi connectivity index (χ2n) is 5.89. The first-order chi connectivity index (χ1) is 9.92. The monoisotopic (exact) mass is 275 g/mol. The molecule has 0 spiro atoms. The van der Waals surface area contributed by atoms with Gasteiger partial charge in [0, 0.05) is 19.5 Å². The van der Waals surface area contributed by atoms with Gasteiger partial charge in [0.15, 0.2) is 0 Å². The Morgan fingerprint density at radius 3 is 2.85 bits per heavy atom. The van der Waals surface area contributed by atoms with Gasteiger partial charge in [0.05, 0.1) is 12.7 Å². The minimum atomic E-state index is 0.280. The van der Waals surface area contributed by atoms with Gasteiger partial charge in [0.25, 0.3) is 0 Å². The fraction of sp³-hybridized carbons (Fsp3) is 0.647. The van der Waals surface area contributed by atoms with Gasteiger partial charge < -0.3 is 14.8 Å². The van der Waals surface area contributed by atoms with Gasteiger partial charge in [0.1, 0.15) is 11.9 Å². The van der Waals surface area contributed by atoms with Gasteiger partial charge in [-0.25, -0.2) is 0 Å². The Hall–Kier alpha value is -1.06. The van der Waals surface area contributed by atoms with E-state index in [4.69, 9.17) is 9.47 Å². The molecule has 0 amide bonds. The van der Waals surface area contributed by atoms with Crippen LogP contribution in [0.25, 0.3) is 0 Å². The Labute approximate surface area is 121 Å². The summed E-state index contributed by atoms with van der Waals surface area (Å²) in [6.07, 6.45) is 8.38. The van der Waals surface area contributed by atoms with E-state index in [2.05, 4.69) is 23.5 Å². The van der Waals surface area contributed by atoms with Crippen molar-refractivity contribution >= 4 is 0 Å². The summed E-state index contributed by atoms with van der Waals surface area (Å²) >= 11 is 0. The lowest BCUT2D eigenvalue weighted by Gasteiger charge is -2.22. The van der Waals surface area contributed by atoms with Crippen molar-refractivity contribution in [2.75, 3.05) is 19.7 Å². The molecule has 3 rings (SSSR count). The van der Waals surface area contributed by atoms with E-state index in [1.807, 2.05) is 6.07 Å². The molecular formula is C17H25NO2. The van der Waals surface area contributed by atoms with Crippen LogP contribution < -0.4 is 10.1 Å². The number of ether oxygens (including phenoxy) is 2. The molecule has 1 heterocycles. The zero-order chi connectivity index (χ0) is 13.6. The van der Waals surface area contributed by atoms with Crippen LogP contribution in [0.3, 0.4) is 0 Å². The third kappa shape index (κ3) is 3.74. The van der Waals surface area contributed by atoms with E-state index < -0.39 is 0 Å². The zero-order valence-electron chi connectivity index (χ0n) is 12.1. The van der Waals surface area contributed by atoms with Crippen LogP contribution in [0, 0.1) is 0 Å². The average molecular weight is 275 g/mol. The molecule has 3 nitrogen and oxygen atoms in total. The summed E-state index contributed by atoms with van der Waals surface area (Å²) < 4.78 is 11.8. The number of fused-ring (bicyclic) bond motifs is 1. The quantitative estimate of drug-likeness (QED) is 0.810. The number of para-hydroxylation sites is 1. The molecule has 0 bridgehead atoms. The number of nitrogens with one attached hydrogen (secondary N) is 1. The first-order valence-electron chi connectivity index (χ1n) is 7.99. The molecule has 1 aromatic carbocycles. The van der Waals surface area contributed by atoms with Crippen LogP contribution in [-0.4, -0.2) is 31.9 Å². The Morgan fingerprint density at radius 1 is 1.15 bits per heavy atom. The van der Waals surface area contributed by atoms with Crippen LogP contribution in [0.5, 0.6) is 5.75 Å². The molecule has 1 unspecified atom stereocenters. The second-order valence-corrected chi connectivity index (χ2v) is 5.89. The summed E-state index contributed by atoms with van der Waals surface area (Å²) in [6.45, 7) is 2.65. The summed E-state index contributed by atoms with van der Waals surface area (Å²) in [7, 11) is 0. The zero-order valence-corrected chi connectivity index (χ0v) is 12.1. The fourth-order valence-corrected chi connectivity index (χ4v) is 3.16. The predicted octanol–water partition coefficient (Wildman–Crippen LogP) is 2.93. The summed E-state index contributed by atoms with van der Waals surface area (Å²) in [4.78, 5) is 0. The van der Waals surface area contributed by atoms with Gasteiger partial charge in [0.2, 0.25) is 0 Å². The largest absolute Gasteiger partial charge is 0.488 e. The fourth-order valence-electron chi connectivity index (χ4n) is 3.16. The maximum atomic E-state index is 5.91. The van der Waals surface area contributed by atoms with Crippen molar-refractivity contribution in [3.8, 4) is 5.75 Å². The van der Waals surface area contributed by atoms with Crippen LogP contribution in [0.1, 0.15) is 37.7 Å². The number of hydrogen-bond donors (Lipinski definition) is 1. The molecule has 0 saturated heterocycles. The molecule has 20 heavy (non-hydrogen) atoms. The van der Waals surface area contributed by atoms with Crippen molar-refractivity contribution in [3.05, 3.63) is 29.8 Å². The highest BCUT2D eigenvalue weighted by Crippen LogP contribution is 2.27. The number of rotatable bonds is 6. The van der Waals surface area contributed by atoms with Crippen molar-refractivity contribution in [2.24, 2.45) is 0 Å². The van der Waals surface area contributed by atoms with Crippen molar-refractivity contribution in [2.45, 2.75) is 50.7 Å². The van der Waals surface area contributed by atoms with E-state index in [0.29, 0.717) is 6.10 Å². The summed E-state index contributed by atoms with van der Waals surface area (Å²) in [6, 6.07) is 8.33. The number of benzene rings is 1. The van der Waals surface area contributed by atoms with E-state index in [9.17, 15) is 0 Å². The highest BCUT2D eigenvalue weighted by Gasteiger charge is 2.21. The normalized spacial score (nSPS) is 22.5. The molecule has 0 radical (unpaired) electrons. The van der Waals surface area contributed by atoms with Gasteiger partial charge in [-0.05, 0) is 24.5 Å². The first kappa shape index (κ1) is 13.9. The molecule has 1 fully saturated rings. The SMILES string of the molecule is c1ccc2c(c1)CC(CNCCOC1CCCCC1)O2. The van der Waals surface area contributed by atoms with E-state index in [1.54, 1.807) is 0 Å². The Bertz CT molecular complexity index is 390. The van der Waals surface area contributed by atoms with Crippen LogP contribution in [0.15, 0.2) is 24.3 Å². The highest BCUT2D eigenvalue weighted by atomic mass is 16.5. The average Bonchev–Trinajstić information content (AvgIpc) is 2.90. The molecule has 1 aliphatic heterocycles. The lowest BCUT2D eigenvalue weighted by Crippen LogP contribution is -2.33. The van der Waals surface area contributed by atoms with E-state index in [1.165, 1.54) is 37.7 Å². The first-order valence-corrected chi connectivity index (χ1v) is 7.99. The van der Waals surface area contributed by atoms with Gasteiger partial charge >= 0.3 is 0 Å². The Kier molecular flexibility index (Phi) is 4.93. The van der Waals surface area contributed by atoms with Gasteiger partial charge in [-0.1, -0.05) is 37.5 Å². The molecule has 1 aliphatic carbocycles. The van der Waals surface area contributed by atoms with Crippen molar-refractivity contribution in [1.29, 1.82) is 0 Å². The topological polar surface area (TPSA) is 30.5 Å². The van der Waals surface area contributed by atoms with Crippen LogP contribution >= 0.6 is 0 Å². The number of hydrogen-bond acceptors (Lipinski definition) is 3. The van der Waals surface area contributed by atoms with E-state index >= 15 is 0 Å². The molecule has 3 heteroatoms. The summed E-state index contributed by atoms with van der Waals surface area (Å²) in [5.74, 6) is 1.05. The molecule has 0 aromatic heterocycles. The van der Waals surface area contributed by atoms with Crippen LogP contribution in [0.2, 0.25) is 0 Å². The standard InChI is InChI=1S/C17H25NO2/c1-2-7-15(8-3-1)19-11-10-18-13-16-12-14-6-4-5-9-17(14)20-16/h4-6,9,15-16,18H,1-3,7-8,10-13H2. The van der Waals surface area contributed by atoms with E-state index in [0.717, 1.165) is 31.9 Å². The lowest BCUT2D eigenvalue weighted by molar-refractivity contribution is 0.0296. The minimum Gasteiger partial charge on any atom is -0.488 e. The molecule has 2 aliphatic rings. The predicted molar refractivity (Wildman–Crippen MR) is 80.3 cm³/mol. The molecule has 1 N–H and O–H groups in total. The minimum absolute atomic E-state index is 0.280. The molecule has 110 valence electrons. The Balaban J connectivity index is 1.28. The van der Waals surface area contributed by atoms with Crippen molar-refractivity contribution < 1.29 is 9.47 Å². The lowest BCUT2D eigenvalue weighted by atomic mass is 9.98. The highest BCUT2D eigenvalue weighted by molar-refractivity contribution is 5.37. The van der Waals surface area contributed by atoms with Gasteiger partial charge in [-0.15, -0.1) is 0 Å².